The van der Waals surface area contributed by atoms with E-state index in [-0.39, 0.29) is 17.8 Å². The Morgan fingerprint density at radius 1 is 1.23 bits per heavy atom. The lowest BCUT2D eigenvalue weighted by molar-refractivity contribution is 0.103. The lowest BCUT2D eigenvalue weighted by atomic mass is 9.95. The number of hydrogen-bond donors (Lipinski definition) is 0. The molecule has 6 heteroatoms. The van der Waals surface area contributed by atoms with Crippen molar-refractivity contribution >= 4 is 17.8 Å². The molecule has 4 rings (SSSR count). The van der Waals surface area contributed by atoms with E-state index < -0.39 is 5.82 Å². The molecule has 31 heavy (non-hydrogen) atoms. The van der Waals surface area contributed by atoms with Gasteiger partial charge in [-0.3, -0.25) is 9.59 Å². The molecule has 1 aliphatic heterocycles. The molecule has 0 bridgehead atoms. The maximum Gasteiger partial charge on any atom is 0.250 e. The van der Waals surface area contributed by atoms with E-state index in [1.807, 2.05) is 36.1 Å². The molecule has 1 aliphatic rings. The van der Waals surface area contributed by atoms with Gasteiger partial charge in [0.1, 0.15) is 6.10 Å². The molecular weight excluding hydrogens is 395 g/mol. The molecule has 1 aromatic heterocycles. The Kier molecular flexibility index (Phi) is 6.07. The average Bonchev–Trinajstić information content (AvgIpc) is 3.28. The molecule has 1 saturated heterocycles. The number of carbonyl (C=O) groups is 2. The first kappa shape index (κ1) is 20.7. The Morgan fingerprint density at radius 2 is 2.06 bits per heavy atom. The SMILES string of the molecule is CCc1ccccc1C(=O)c1ccc(N2CC[C@H](Oc3ncccc3F)C2)c(C=O)c1. The van der Waals surface area contributed by atoms with Crippen molar-refractivity contribution in [3.05, 3.63) is 88.9 Å². The van der Waals surface area contributed by atoms with Gasteiger partial charge in [0.2, 0.25) is 0 Å². The van der Waals surface area contributed by atoms with E-state index in [4.69, 9.17) is 4.74 Å². The number of aldehydes is 1. The van der Waals surface area contributed by atoms with E-state index >= 15 is 0 Å². The summed E-state index contributed by atoms with van der Waals surface area (Å²) in [6, 6.07) is 15.5. The summed E-state index contributed by atoms with van der Waals surface area (Å²) in [6.07, 6.45) is 3.46. The predicted octanol–water partition coefficient (Wildman–Crippen LogP) is 4.48. The molecule has 2 heterocycles. The van der Waals surface area contributed by atoms with Crippen LogP contribution in [-0.2, 0) is 6.42 Å². The monoisotopic (exact) mass is 418 g/mol. The summed E-state index contributed by atoms with van der Waals surface area (Å²) in [5.74, 6) is -0.606. The van der Waals surface area contributed by atoms with Crippen LogP contribution in [-0.4, -0.2) is 36.2 Å². The van der Waals surface area contributed by atoms with Crippen molar-refractivity contribution < 1.29 is 18.7 Å². The van der Waals surface area contributed by atoms with E-state index in [1.54, 1.807) is 18.2 Å². The van der Waals surface area contributed by atoms with Crippen LogP contribution in [0.25, 0.3) is 0 Å². The van der Waals surface area contributed by atoms with Gasteiger partial charge in [-0.15, -0.1) is 0 Å². The Balaban J connectivity index is 1.53. The zero-order chi connectivity index (χ0) is 21.8. The van der Waals surface area contributed by atoms with Gasteiger partial charge in [0.05, 0.1) is 6.54 Å². The number of halogens is 1. The van der Waals surface area contributed by atoms with E-state index in [9.17, 15) is 14.0 Å². The van der Waals surface area contributed by atoms with Crippen LogP contribution in [0, 0.1) is 5.82 Å². The fraction of sp³-hybridized carbons (Fsp3) is 0.240. The molecule has 1 atom stereocenters. The Morgan fingerprint density at radius 3 is 2.84 bits per heavy atom. The minimum atomic E-state index is -0.496. The smallest absolute Gasteiger partial charge is 0.250 e. The normalized spacial score (nSPS) is 15.7. The Bertz CT molecular complexity index is 1120. The molecule has 0 radical (unpaired) electrons. The van der Waals surface area contributed by atoms with E-state index in [0.29, 0.717) is 36.2 Å². The zero-order valence-corrected chi connectivity index (χ0v) is 17.3. The standard InChI is InChI=1S/C25H23FN2O3/c1-2-17-6-3-4-7-21(17)24(30)18-9-10-23(19(14-18)16-29)28-13-11-20(15-28)31-25-22(26)8-5-12-27-25/h3-10,12,14,16,20H,2,11,13,15H2,1H3/t20-/m0/s1. The summed E-state index contributed by atoms with van der Waals surface area (Å²) in [5, 5.41) is 0. The third-order valence-corrected chi connectivity index (χ3v) is 5.55. The third-order valence-electron chi connectivity index (χ3n) is 5.55. The average molecular weight is 418 g/mol. The summed E-state index contributed by atoms with van der Waals surface area (Å²) in [4.78, 5) is 30.8. The second-order valence-electron chi connectivity index (χ2n) is 7.50. The third kappa shape index (κ3) is 4.33. The van der Waals surface area contributed by atoms with Crippen molar-refractivity contribution in [3.63, 3.8) is 0 Å². The number of nitrogens with zero attached hydrogens (tertiary/aromatic N) is 2. The highest BCUT2D eigenvalue weighted by Crippen LogP contribution is 2.28. The largest absolute Gasteiger partial charge is 0.470 e. The first-order valence-corrected chi connectivity index (χ1v) is 10.3. The summed E-state index contributed by atoms with van der Waals surface area (Å²) < 4.78 is 19.5. The Hall–Kier alpha value is -3.54. The summed E-state index contributed by atoms with van der Waals surface area (Å²) in [5.41, 5.74) is 3.30. The molecule has 0 unspecified atom stereocenters. The van der Waals surface area contributed by atoms with Gasteiger partial charge in [-0.1, -0.05) is 31.2 Å². The van der Waals surface area contributed by atoms with Crippen LogP contribution in [0.15, 0.2) is 60.8 Å². The molecule has 0 N–H and O–H groups in total. The number of benzene rings is 2. The molecular formula is C25H23FN2O3. The lowest BCUT2D eigenvalue weighted by Crippen LogP contribution is -2.26. The molecule has 1 fully saturated rings. The van der Waals surface area contributed by atoms with Gasteiger partial charge < -0.3 is 9.64 Å². The van der Waals surface area contributed by atoms with Crippen molar-refractivity contribution in [2.75, 3.05) is 18.0 Å². The van der Waals surface area contributed by atoms with Gasteiger partial charge in [0.15, 0.2) is 17.9 Å². The van der Waals surface area contributed by atoms with Gasteiger partial charge in [-0.2, -0.15) is 0 Å². The minimum Gasteiger partial charge on any atom is -0.470 e. The minimum absolute atomic E-state index is 0.0134. The second kappa shape index (κ2) is 9.08. The predicted molar refractivity (Wildman–Crippen MR) is 117 cm³/mol. The van der Waals surface area contributed by atoms with E-state index in [1.165, 1.54) is 18.3 Å². The maximum absolute atomic E-state index is 13.8. The highest BCUT2D eigenvalue weighted by atomic mass is 19.1. The quantitative estimate of drug-likeness (QED) is 0.418. The van der Waals surface area contributed by atoms with Crippen LogP contribution >= 0.6 is 0 Å². The molecule has 5 nitrogen and oxygen atoms in total. The summed E-state index contributed by atoms with van der Waals surface area (Å²) in [7, 11) is 0. The van der Waals surface area contributed by atoms with Gasteiger partial charge in [-0.05, 0) is 42.3 Å². The highest BCUT2D eigenvalue weighted by Gasteiger charge is 2.27. The molecule has 0 aliphatic carbocycles. The first-order valence-electron chi connectivity index (χ1n) is 10.3. The number of aryl methyl sites for hydroxylation is 1. The number of pyridine rings is 1. The molecule has 158 valence electrons. The van der Waals surface area contributed by atoms with Crippen molar-refractivity contribution in [3.8, 4) is 5.88 Å². The van der Waals surface area contributed by atoms with Gasteiger partial charge in [-0.25, -0.2) is 9.37 Å². The first-order chi connectivity index (χ1) is 15.1. The zero-order valence-electron chi connectivity index (χ0n) is 17.3. The van der Waals surface area contributed by atoms with Crippen LogP contribution in [0.1, 0.15) is 45.2 Å². The van der Waals surface area contributed by atoms with Crippen molar-refractivity contribution in [1.82, 2.24) is 4.98 Å². The van der Waals surface area contributed by atoms with Gasteiger partial charge in [0, 0.05) is 41.5 Å². The fourth-order valence-electron chi connectivity index (χ4n) is 3.94. The highest BCUT2D eigenvalue weighted by molar-refractivity contribution is 6.11. The van der Waals surface area contributed by atoms with Crippen molar-refractivity contribution in [2.45, 2.75) is 25.9 Å². The number of ketones is 1. The van der Waals surface area contributed by atoms with Gasteiger partial charge >= 0.3 is 0 Å². The van der Waals surface area contributed by atoms with E-state index in [2.05, 4.69) is 4.98 Å². The van der Waals surface area contributed by atoms with Crippen LogP contribution in [0.4, 0.5) is 10.1 Å². The van der Waals surface area contributed by atoms with Crippen molar-refractivity contribution in [1.29, 1.82) is 0 Å². The van der Waals surface area contributed by atoms with Crippen molar-refractivity contribution in [2.24, 2.45) is 0 Å². The maximum atomic E-state index is 13.8. The van der Waals surface area contributed by atoms with Crippen LogP contribution in [0.3, 0.4) is 0 Å². The fourth-order valence-corrected chi connectivity index (χ4v) is 3.94. The summed E-state index contributed by atoms with van der Waals surface area (Å²) >= 11 is 0. The molecule has 0 amide bonds. The number of ether oxygens (including phenoxy) is 1. The second-order valence-corrected chi connectivity index (χ2v) is 7.50. The van der Waals surface area contributed by atoms with Gasteiger partial charge in [0.25, 0.3) is 5.88 Å². The number of carbonyl (C=O) groups excluding carboxylic acids is 2. The van der Waals surface area contributed by atoms with E-state index in [0.717, 1.165) is 24.0 Å². The number of hydrogen-bond acceptors (Lipinski definition) is 5. The lowest BCUT2D eigenvalue weighted by Gasteiger charge is -2.21. The molecule has 0 spiro atoms. The number of rotatable bonds is 7. The topological polar surface area (TPSA) is 59.5 Å². The molecule has 2 aromatic carbocycles. The van der Waals surface area contributed by atoms with Crippen LogP contribution < -0.4 is 9.64 Å². The summed E-state index contributed by atoms with van der Waals surface area (Å²) in [6.45, 7) is 3.17. The van der Waals surface area contributed by atoms with Crippen LogP contribution in [0.2, 0.25) is 0 Å². The molecule has 3 aromatic rings. The number of anilines is 1. The Labute approximate surface area is 180 Å². The molecule has 0 saturated carbocycles. The number of aromatic nitrogens is 1. The van der Waals surface area contributed by atoms with Crippen LogP contribution in [0.5, 0.6) is 5.88 Å².